The van der Waals surface area contributed by atoms with Crippen LogP contribution in [0.15, 0.2) is 29.6 Å². The number of anilines is 1. The number of hydrogen-bond donors (Lipinski definition) is 1. The molecule has 10 heteroatoms. The Morgan fingerprint density at radius 1 is 1.15 bits per heavy atom. The van der Waals surface area contributed by atoms with Gasteiger partial charge >= 0.3 is 0 Å². The lowest BCUT2D eigenvalue weighted by Crippen LogP contribution is -2.41. The maximum absolute atomic E-state index is 13.7. The van der Waals surface area contributed by atoms with E-state index < -0.39 is 23.3 Å². The number of nitrogens with zero attached hydrogens (tertiary/aromatic N) is 6. The molecular formula is C23H24F2N6O2. The highest BCUT2D eigenvalue weighted by Gasteiger charge is 2.35. The van der Waals surface area contributed by atoms with Gasteiger partial charge in [-0.05, 0) is 50.3 Å². The summed E-state index contributed by atoms with van der Waals surface area (Å²) in [7, 11) is 0. The first-order valence-corrected chi connectivity index (χ1v) is 10.7. The number of aliphatic hydroxyl groups is 1. The summed E-state index contributed by atoms with van der Waals surface area (Å²) in [6.07, 6.45) is 4.50. The number of halogens is 2. The number of carbonyl (C=O) groups excluding carboxylic acids is 1. The second kappa shape index (κ2) is 9.19. The molecule has 1 saturated heterocycles. The largest absolute Gasteiger partial charge is 0.378 e. The van der Waals surface area contributed by atoms with E-state index in [1.807, 2.05) is 4.90 Å². The number of piperidine rings is 1. The number of hydrogen-bond acceptors (Lipinski definition) is 7. The summed E-state index contributed by atoms with van der Waals surface area (Å²) in [5, 5.41) is 15.3. The van der Waals surface area contributed by atoms with Crippen LogP contribution in [0, 0.1) is 29.4 Å². The molecule has 0 spiro atoms. The fourth-order valence-corrected chi connectivity index (χ4v) is 3.89. The van der Waals surface area contributed by atoms with Crippen molar-refractivity contribution < 1.29 is 18.7 Å². The summed E-state index contributed by atoms with van der Waals surface area (Å²) < 4.78 is 27.4. The predicted molar refractivity (Wildman–Crippen MR) is 117 cm³/mol. The average Bonchev–Trinajstić information content (AvgIpc) is 3.26. The highest BCUT2D eigenvalue weighted by molar-refractivity contribution is 5.82. The Balaban J connectivity index is 1.41. The summed E-state index contributed by atoms with van der Waals surface area (Å²) in [5.74, 6) is 4.34. The molecule has 0 radical (unpaired) electrons. The number of hydrazone groups is 1. The summed E-state index contributed by atoms with van der Waals surface area (Å²) in [6.45, 7) is 4.25. The van der Waals surface area contributed by atoms with Crippen molar-refractivity contribution in [2.75, 3.05) is 18.0 Å². The van der Waals surface area contributed by atoms with Crippen LogP contribution in [0.3, 0.4) is 0 Å². The Morgan fingerprint density at radius 3 is 2.52 bits per heavy atom. The average molecular weight is 454 g/mol. The number of amides is 1. The Kier molecular flexibility index (Phi) is 6.33. The first-order valence-electron chi connectivity index (χ1n) is 10.7. The van der Waals surface area contributed by atoms with Crippen LogP contribution >= 0.6 is 0 Å². The van der Waals surface area contributed by atoms with Crippen LogP contribution in [0.25, 0.3) is 0 Å². The fraction of sp³-hybridized carbons (Fsp3) is 0.435. The van der Waals surface area contributed by atoms with Crippen molar-refractivity contribution in [1.82, 2.24) is 20.0 Å². The SMILES string of the molecule is CC(C)(O)C#Cc1ncnc(N2CCC(C(=O)N3N=CCC3c3cc(F)cc(F)c3)CC2)n1. The summed E-state index contributed by atoms with van der Waals surface area (Å²) in [5.41, 5.74) is -0.765. The van der Waals surface area contributed by atoms with Crippen molar-refractivity contribution in [3.05, 3.63) is 47.5 Å². The quantitative estimate of drug-likeness (QED) is 0.716. The van der Waals surface area contributed by atoms with E-state index in [-0.39, 0.29) is 17.6 Å². The van der Waals surface area contributed by atoms with E-state index in [9.17, 15) is 18.7 Å². The molecule has 0 aliphatic carbocycles. The molecule has 2 aliphatic rings. The van der Waals surface area contributed by atoms with Crippen molar-refractivity contribution in [1.29, 1.82) is 0 Å². The minimum Gasteiger partial charge on any atom is -0.378 e. The molecule has 1 aromatic heterocycles. The normalized spacial score (nSPS) is 18.9. The predicted octanol–water partition coefficient (Wildman–Crippen LogP) is 2.45. The van der Waals surface area contributed by atoms with E-state index in [0.717, 1.165) is 6.07 Å². The Hall–Kier alpha value is -3.45. The Bertz CT molecular complexity index is 1110. The summed E-state index contributed by atoms with van der Waals surface area (Å²) in [4.78, 5) is 27.7. The number of benzene rings is 1. The molecule has 1 N–H and O–H groups in total. The zero-order chi connectivity index (χ0) is 23.6. The van der Waals surface area contributed by atoms with Gasteiger partial charge < -0.3 is 10.0 Å². The lowest BCUT2D eigenvalue weighted by molar-refractivity contribution is -0.138. The van der Waals surface area contributed by atoms with Gasteiger partial charge in [-0.1, -0.05) is 5.92 Å². The van der Waals surface area contributed by atoms with Crippen LogP contribution in [0.4, 0.5) is 14.7 Å². The third kappa shape index (κ3) is 5.49. The molecule has 1 aromatic carbocycles. The third-order valence-electron chi connectivity index (χ3n) is 5.49. The van der Waals surface area contributed by atoms with E-state index >= 15 is 0 Å². The topological polar surface area (TPSA) is 94.8 Å². The number of aromatic nitrogens is 3. The molecule has 1 amide bonds. The van der Waals surface area contributed by atoms with E-state index in [0.29, 0.717) is 43.9 Å². The molecule has 2 aromatic rings. The minimum absolute atomic E-state index is 0.162. The molecule has 2 aliphatic heterocycles. The van der Waals surface area contributed by atoms with Crippen LogP contribution in [0.2, 0.25) is 0 Å². The van der Waals surface area contributed by atoms with E-state index in [1.165, 1.54) is 23.5 Å². The highest BCUT2D eigenvalue weighted by atomic mass is 19.1. The van der Waals surface area contributed by atoms with Crippen molar-refractivity contribution >= 4 is 18.1 Å². The van der Waals surface area contributed by atoms with Gasteiger partial charge in [0, 0.05) is 37.7 Å². The van der Waals surface area contributed by atoms with Gasteiger partial charge in [0.2, 0.25) is 17.7 Å². The van der Waals surface area contributed by atoms with Gasteiger partial charge in [0.1, 0.15) is 23.6 Å². The zero-order valence-corrected chi connectivity index (χ0v) is 18.4. The second-order valence-corrected chi connectivity index (χ2v) is 8.61. The van der Waals surface area contributed by atoms with E-state index in [1.54, 1.807) is 20.1 Å². The van der Waals surface area contributed by atoms with Gasteiger partial charge in [-0.15, -0.1) is 0 Å². The van der Waals surface area contributed by atoms with Gasteiger partial charge in [-0.3, -0.25) is 4.79 Å². The Labute approximate surface area is 190 Å². The molecule has 4 rings (SSSR count). The van der Waals surface area contributed by atoms with Crippen molar-refractivity contribution in [2.45, 2.75) is 44.8 Å². The van der Waals surface area contributed by atoms with Gasteiger partial charge in [-0.25, -0.2) is 23.8 Å². The van der Waals surface area contributed by atoms with E-state index in [4.69, 9.17) is 0 Å². The maximum Gasteiger partial charge on any atom is 0.246 e. The van der Waals surface area contributed by atoms with Gasteiger partial charge in [0.25, 0.3) is 0 Å². The first kappa shape index (κ1) is 22.7. The monoisotopic (exact) mass is 454 g/mol. The van der Waals surface area contributed by atoms with Gasteiger partial charge in [-0.2, -0.15) is 10.1 Å². The summed E-state index contributed by atoms with van der Waals surface area (Å²) in [6, 6.07) is 2.78. The summed E-state index contributed by atoms with van der Waals surface area (Å²) >= 11 is 0. The van der Waals surface area contributed by atoms with Crippen LogP contribution in [-0.2, 0) is 4.79 Å². The highest BCUT2D eigenvalue weighted by Crippen LogP contribution is 2.32. The molecular weight excluding hydrogens is 430 g/mol. The lowest BCUT2D eigenvalue weighted by atomic mass is 9.94. The molecule has 172 valence electrons. The van der Waals surface area contributed by atoms with Gasteiger partial charge in [0.05, 0.1) is 6.04 Å². The number of rotatable bonds is 3. The van der Waals surface area contributed by atoms with Crippen molar-refractivity contribution in [2.24, 2.45) is 11.0 Å². The van der Waals surface area contributed by atoms with Crippen LogP contribution in [0.5, 0.6) is 0 Å². The fourth-order valence-electron chi connectivity index (χ4n) is 3.89. The molecule has 3 heterocycles. The third-order valence-corrected chi connectivity index (χ3v) is 5.49. The maximum atomic E-state index is 13.7. The Morgan fingerprint density at radius 2 is 1.85 bits per heavy atom. The number of carbonyl (C=O) groups is 1. The molecule has 1 fully saturated rings. The zero-order valence-electron chi connectivity index (χ0n) is 18.4. The van der Waals surface area contributed by atoms with Crippen LogP contribution in [-0.4, -0.2) is 55.9 Å². The van der Waals surface area contributed by atoms with Crippen LogP contribution in [0.1, 0.15) is 50.5 Å². The van der Waals surface area contributed by atoms with Gasteiger partial charge in [0.15, 0.2) is 0 Å². The molecule has 33 heavy (non-hydrogen) atoms. The first-order chi connectivity index (χ1) is 15.7. The molecule has 1 unspecified atom stereocenters. The molecule has 8 nitrogen and oxygen atoms in total. The van der Waals surface area contributed by atoms with Crippen molar-refractivity contribution in [3.63, 3.8) is 0 Å². The smallest absolute Gasteiger partial charge is 0.246 e. The molecule has 0 saturated carbocycles. The van der Waals surface area contributed by atoms with E-state index in [2.05, 4.69) is 31.9 Å². The second-order valence-electron chi connectivity index (χ2n) is 8.61. The molecule has 1 atom stereocenters. The lowest BCUT2D eigenvalue weighted by Gasteiger charge is -2.33. The van der Waals surface area contributed by atoms with Crippen molar-refractivity contribution in [3.8, 4) is 11.8 Å². The van der Waals surface area contributed by atoms with Crippen LogP contribution < -0.4 is 4.90 Å². The standard InChI is InChI=1S/C23H24F2N6O2/c1-23(2,33)7-3-20-26-14-27-22(29-20)30-9-5-15(6-10-30)21(32)31-19(4-8-28-31)16-11-17(24)13-18(25)12-16/h8,11-15,19,33H,4-6,9-10H2,1-2H3. The molecule has 0 bridgehead atoms. The minimum atomic E-state index is -1.15.